The zero-order chi connectivity index (χ0) is 19.8. The summed E-state index contributed by atoms with van der Waals surface area (Å²) in [5.74, 6) is 0.552. The molecule has 1 aromatic rings. The summed E-state index contributed by atoms with van der Waals surface area (Å²) in [6.45, 7) is 7.11. The van der Waals surface area contributed by atoms with E-state index in [4.69, 9.17) is 0 Å². The van der Waals surface area contributed by atoms with E-state index < -0.39 is 10.2 Å². The molecule has 8 heteroatoms. The van der Waals surface area contributed by atoms with Crippen molar-refractivity contribution in [2.75, 3.05) is 40.3 Å². The molecule has 150 valence electrons. The van der Waals surface area contributed by atoms with E-state index in [-0.39, 0.29) is 24.1 Å². The number of nitrogens with one attached hydrogen (secondary N) is 1. The minimum atomic E-state index is -3.53. The molecule has 1 aromatic heterocycles. The molecule has 3 heterocycles. The first-order valence-corrected chi connectivity index (χ1v) is 10.9. The molecule has 2 aliphatic rings. The monoisotopic (exact) mass is 394 g/mol. The number of hydrogen-bond acceptors (Lipinski definition) is 4. The minimum absolute atomic E-state index is 0.0472. The molecular formula is C19H30N4O3S. The molecule has 2 bridgehead atoms. The van der Waals surface area contributed by atoms with Gasteiger partial charge < -0.3 is 4.57 Å². The Morgan fingerprint density at radius 3 is 2.70 bits per heavy atom. The van der Waals surface area contributed by atoms with Crippen LogP contribution in [0.3, 0.4) is 0 Å². The zero-order valence-corrected chi connectivity index (χ0v) is 17.4. The van der Waals surface area contributed by atoms with Gasteiger partial charge in [0.1, 0.15) is 0 Å². The van der Waals surface area contributed by atoms with Crippen molar-refractivity contribution in [1.29, 1.82) is 0 Å². The van der Waals surface area contributed by atoms with Gasteiger partial charge in [0, 0.05) is 58.0 Å². The van der Waals surface area contributed by atoms with E-state index in [1.165, 1.54) is 19.7 Å². The molecule has 3 rings (SSSR count). The van der Waals surface area contributed by atoms with Gasteiger partial charge in [0.2, 0.25) is 0 Å². The van der Waals surface area contributed by atoms with Crippen molar-refractivity contribution < 1.29 is 8.42 Å². The second kappa shape index (κ2) is 7.87. The Bertz CT molecular complexity index is 871. The summed E-state index contributed by atoms with van der Waals surface area (Å²) in [6.07, 6.45) is 3.21. The van der Waals surface area contributed by atoms with Crippen molar-refractivity contribution in [2.45, 2.75) is 32.2 Å². The lowest BCUT2D eigenvalue weighted by molar-refractivity contribution is 0.100. The van der Waals surface area contributed by atoms with Crippen LogP contribution in [0.25, 0.3) is 0 Å². The third-order valence-corrected chi connectivity index (χ3v) is 7.08. The Kier molecular flexibility index (Phi) is 5.90. The van der Waals surface area contributed by atoms with Crippen molar-refractivity contribution in [2.24, 2.45) is 5.92 Å². The fourth-order valence-electron chi connectivity index (χ4n) is 4.18. The van der Waals surface area contributed by atoms with Crippen LogP contribution in [0.4, 0.5) is 0 Å². The molecule has 27 heavy (non-hydrogen) atoms. The number of aromatic nitrogens is 1. The molecule has 1 N–H and O–H groups in total. The molecule has 0 spiro atoms. The maximum Gasteiger partial charge on any atom is 0.279 e. The molecule has 3 atom stereocenters. The molecule has 0 saturated carbocycles. The van der Waals surface area contributed by atoms with E-state index in [2.05, 4.69) is 29.5 Å². The van der Waals surface area contributed by atoms with Crippen LogP contribution in [0.1, 0.15) is 37.9 Å². The minimum Gasteiger partial charge on any atom is -0.308 e. The molecule has 0 amide bonds. The summed E-state index contributed by atoms with van der Waals surface area (Å²) < 4.78 is 30.1. The average molecular weight is 395 g/mol. The van der Waals surface area contributed by atoms with Gasteiger partial charge in [-0.05, 0) is 32.3 Å². The molecule has 0 aliphatic carbocycles. The number of piperidine rings is 1. The number of likely N-dealkylation sites (tertiary alicyclic amines) is 1. The Morgan fingerprint density at radius 1 is 1.30 bits per heavy atom. The highest BCUT2D eigenvalue weighted by molar-refractivity contribution is 7.87. The van der Waals surface area contributed by atoms with Crippen molar-refractivity contribution in [3.05, 3.63) is 45.9 Å². The van der Waals surface area contributed by atoms with E-state index in [0.717, 1.165) is 36.1 Å². The molecule has 0 unspecified atom stereocenters. The predicted octanol–water partition coefficient (Wildman–Crippen LogP) is 1.17. The van der Waals surface area contributed by atoms with E-state index in [1.807, 2.05) is 16.7 Å². The van der Waals surface area contributed by atoms with Crippen molar-refractivity contribution in [1.82, 2.24) is 18.5 Å². The van der Waals surface area contributed by atoms with E-state index in [1.54, 1.807) is 6.07 Å². The van der Waals surface area contributed by atoms with Gasteiger partial charge in [-0.2, -0.15) is 12.7 Å². The summed E-state index contributed by atoms with van der Waals surface area (Å²) in [5.41, 5.74) is 2.27. The number of pyridine rings is 1. The topological polar surface area (TPSA) is 74.7 Å². The molecule has 0 aromatic carbocycles. The normalized spacial score (nSPS) is 25.3. The van der Waals surface area contributed by atoms with Crippen LogP contribution in [0.15, 0.2) is 34.6 Å². The summed E-state index contributed by atoms with van der Waals surface area (Å²) in [6, 6.07) is 5.22. The van der Waals surface area contributed by atoms with Crippen LogP contribution >= 0.6 is 0 Å². The second-order valence-electron chi connectivity index (χ2n) is 8.05. The van der Waals surface area contributed by atoms with Gasteiger partial charge in [-0.1, -0.05) is 17.7 Å². The van der Waals surface area contributed by atoms with Gasteiger partial charge in [-0.25, -0.2) is 4.72 Å². The first-order valence-electron chi connectivity index (χ1n) is 9.43. The molecule has 1 fully saturated rings. The van der Waals surface area contributed by atoms with Gasteiger partial charge in [0.25, 0.3) is 15.8 Å². The van der Waals surface area contributed by atoms with Gasteiger partial charge in [0.15, 0.2) is 0 Å². The zero-order valence-electron chi connectivity index (χ0n) is 16.6. The largest absolute Gasteiger partial charge is 0.308 e. The maximum atomic E-state index is 12.6. The maximum absolute atomic E-state index is 12.6. The Morgan fingerprint density at radius 2 is 2.04 bits per heavy atom. The van der Waals surface area contributed by atoms with Crippen molar-refractivity contribution >= 4 is 10.2 Å². The van der Waals surface area contributed by atoms with Gasteiger partial charge in [-0.3, -0.25) is 9.69 Å². The van der Waals surface area contributed by atoms with E-state index in [9.17, 15) is 13.2 Å². The Hall–Kier alpha value is -1.48. The summed E-state index contributed by atoms with van der Waals surface area (Å²) >= 11 is 0. The number of rotatable bonds is 6. The van der Waals surface area contributed by atoms with Gasteiger partial charge >= 0.3 is 0 Å². The lowest BCUT2D eigenvalue weighted by Crippen LogP contribution is -2.52. The highest BCUT2D eigenvalue weighted by atomic mass is 32.2. The summed E-state index contributed by atoms with van der Waals surface area (Å²) in [7, 11) is -0.528. The lowest BCUT2D eigenvalue weighted by Gasteiger charge is -2.47. The third-order valence-electron chi connectivity index (χ3n) is 5.59. The van der Waals surface area contributed by atoms with Crippen LogP contribution in [-0.4, -0.2) is 62.5 Å². The van der Waals surface area contributed by atoms with Crippen molar-refractivity contribution in [3.63, 3.8) is 0 Å². The van der Waals surface area contributed by atoms with Gasteiger partial charge in [-0.15, -0.1) is 0 Å². The highest BCUT2D eigenvalue weighted by Crippen LogP contribution is 2.40. The van der Waals surface area contributed by atoms with Crippen LogP contribution in [0.2, 0.25) is 0 Å². The fourth-order valence-corrected chi connectivity index (χ4v) is 4.82. The highest BCUT2D eigenvalue weighted by Gasteiger charge is 2.40. The van der Waals surface area contributed by atoms with Crippen molar-refractivity contribution in [3.8, 4) is 0 Å². The summed E-state index contributed by atoms with van der Waals surface area (Å²) in [4.78, 5) is 15.0. The van der Waals surface area contributed by atoms with Crippen LogP contribution in [0.5, 0.6) is 0 Å². The molecule has 2 aliphatic heterocycles. The second-order valence-corrected chi connectivity index (χ2v) is 10.0. The summed E-state index contributed by atoms with van der Waals surface area (Å²) in [5, 5.41) is 0. The van der Waals surface area contributed by atoms with Gasteiger partial charge in [0.05, 0.1) is 6.04 Å². The van der Waals surface area contributed by atoms with Crippen LogP contribution in [-0.2, 0) is 10.2 Å². The average Bonchev–Trinajstić information content (AvgIpc) is 2.60. The number of fused-ring (bicyclic) bond motifs is 4. The Balaban J connectivity index is 1.91. The number of hydrogen-bond donors (Lipinski definition) is 1. The van der Waals surface area contributed by atoms with E-state index >= 15 is 0 Å². The standard InChI is InChI=1S/C19H30N4O3S/c1-14(2)8-9-22-12-15-10-16(13-22)18(11-20-27(25,26)21(3)4)23-17(15)6-5-7-19(23)24/h5-8,15-16,18,20H,9-13H2,1-4H3/t15-,16+,18+/m1/s1. The first-order chi connectivity index (χ1) is 12.7. The first kappa shape index (κ1) is 20.3. The fraction of sp³-hybridized carbons (Fsp3) is 0.632. The molecule has 0 radical (unpaired) electrons. The SMILES string of the molecule is CC(C)=CCN1C[C@H]2C[C@@H](C1)[C@H](CNS(=O)(=O)N(C)C)n1c2cccc1=O. The van der Waals surface area contributed by atoms with Crippen LogP contribution in [0, 0.1) is 5.92 Å². The quantitative estimate of drug-likeness (QED) is 0.735. The number of allylic oxidation sites excluding steroid dienone is 1. The van der Waals surface area contributed by atoms with Crippen LogP contribution < -0.4 is 10.3 Å². The third kappa shape index (κ3) is 4.34. The number of nitrogens with zero attached hydrogens (tertiary/aromatic N) is 3. The molecular weight excluding hydrogens is 364 g/mol. The predicted molar refractivity (Wildman–Crippen MR) is 107 cm³/mol. The van der Waals surface area contributed by atoms with E-state index in [0.29, 0.717) is 5.92 Å². The molecule has 1 saturated heterocycles. The lowest BCUT2D eigenvalue weighted by atomic mass is 9.78. The molecule has 7 nitrogen and oxygen atoms in total. The Labute approximate surface area is 161 Å². The smallest absolute Gasteiger partial charge is 0.279 e.